The average molecular weight is 369 g/mol. The topological polar surface area (TPSA) is 83.1 Å². The molecule has 1 aromatic rings. The molecular formula is C22H32N4O. The quantitative estimate of drug-likeness (QED) is 0.611. The summed E-state index contributed by atoms with van der Waals surface area (Å²) in [6.45, 7) is 7.27. The molecule has 2 heterocycles. The lowest BCUT2D eigenvalue weighted by Crippen LogP contribution is -2.33. The Morgan fingerprint density at radius 3 is 2.63 bits per heavy atom. The zero-order valence-electron chi connectivity index (χ0n) is 16.8. The van der Waals surface area contributed by atoms with Crippen molar-refractivity contribution in [2.45, 2.75) is 64.7 Å². The fourth-order valence-corrected chi connectivity index (χ4v) is 4.19. The van der Waals surface area contributed by atoms with E-state index in [4.69, 9.17) is 16.1 Å². The van der Waals surface area contributed by atoms with Crippen molar-refractivity contribution in [3.05, 3.63) is 40.9 Å². The number of likely N-dealkylation sites (tertiary alicyclic amines) is 1. The summed E-state index contributed by atoms with van der Waals surface area (Å²) < 4.78 is 0. The van der Waals surface area contributed by atoms with Gasteiger partial charge in [0.05, 0.1) is 5.70 Å². The number of carbonyl (C=O) groups excluding carboxylic acids is 1. The van der Waals surface area contributed by atoms with Crippen LogP contribution in [0.5, 0.6) is 0 Å². The molecule has 1 aromatic heterocycles. The summed E-state index contributed by atoms with van der Waals surface area (Å²) in [5, 5.41) is 7.90. The van der Waals surface area contributed by atoms with Crippen molar-refractivity contribution < 1.29 is 4.79 Å². The van der Waals surface area contributed by atoms with E-state index in [1.54, 1.807) is 0 Å². The van der Waals surface area contributed by atoms with Gasteiger partial charge in [-0.25, -0.2) is 0 Å². The maximum absolute atomic E-state index is 12.6. The number of nitrogens with zero attached hydrogens (tertiary/aromatic N) is 2. The molecule has 5 nitrogen and oxygen atoms in total. The lowest BCUT2D eigenvalue weighted by atomic mass is 9.94. The molecule has 27 heavy (non-hydrogen) atoms. The van der Waals surface area contributed by atoms with Gasteiger partial charge < -0.3 is 16.0 Å². The van der Waals surface area contributed by atoms with Gasteiger partial charge in [-0.05, 0) is 61.8 Å². The molecule has 1 aliphatic carbocycles. The lowest BCUT2D eigenvalue weighted by molar-refractivity contribution is -0.126. The van der Waals surface area contributed by atoms with Crippen LogP contribution < -0.4 is 5.73 Å². The van der Waals surface area contributed by atoms with Gasteiger partial charge in [-0.3, -0.25) is 9.78 Å². The number of pyridine rings is 1. The number of nitrogens with two attached hydrogens (primary N) is 1. The Morgan fingerprint density at radius 2 is 1.96 bits per heavy atom. The standard InChI is InChI=1S/C22H32N4O/c1-14(2)19(23)12-20(24)22(27)26-9-8-17(13-26)21-11-18(10-15(3)25-21)16-6-4-5-7-16/h10-12,14,16-17,23H,4-9,13,24H2,1-3H3/b20-12-,23-19?. The Bertz CT molecular complexity index is 747. The largest absolute Gasteiger partial charge is 0.394 e. The number of hydrogen-bond donors (Lipinski definition) is 2. The minimum atomic E-state index is -0.161. The molecule has 1 amide bonds. The van der Waals surface area contributed by atoms with Gasteiger partial charge in [0.15, 0.2) is 0 Å². The van der Waals surface area contributed by atoms with Gasteiger partial charge in [0.1, 0.15) is 0 Å². The molecule has 1 aliphatic heterocycles. The number of nitrogens with one attached hydrogen (secondary N) is 1. The van der Waals surface area contributed by atoms with Crippen molar-refractivity contribution in [3.63, 3.8) is 0 Å². The van der Waals surface area contributed by atoms with E-state index in [0.29, 0.717) is 24.7 Å². The first-order valence-electron chi connectivity index (χ1n) is 10.2. The van der Waals surface area contributed by atoms with Gasteiger partial charge in [-0.2, -0.15) is 0 Å². The van der Waals surface area contributed by atoms with Crippen LogP contribution in [0, 0.1) is 18.3 Å². The minimum Gasteiger partial charge on any atom is -0.394 e. The number of hydrogen-bond acceptors (Lipinski definition) is 4. The van der Waals surface area contributed by atoms with Crippen LogP contribution in [-0.2, 0) is 4.79 Å². The summed E-state index contributed by atoms with van der Waals surface area (Å²) >= 11 is 0. The third-order valence-electron chi connectivity index (χ3n) is 5.90. The van der Waals surface area contributed by atoms with E-state index in [-0.39, 0.29) is 23.4 Å². The average Bonchev–Trinajstić information content (AvgIpc) is 3.32. The van der Waals surface area contributed by atoms with Crippen molar-refractivity contribution in [2.75, 3.05) is 13.1 Å². The summed E-state index contributed by atoms with van der Waals surface area (Å²) in [4.78, 5) is 19.2. The molecule has 1 atom stereocenters. The molecule has 5 heteroatoms. The highest BCUT2D eigenvalue weighted by Crippen LogP contribution is 2.36. The Balaban J connectivity index is 1.70. The molecule has 1 saturated heterocycles. The van der Waals surface area contributed by atoms with Crippen LogP contribution in [0.3, 0.4) is 0 Å². The van der Waals surface area contributed by atoms with Crippen LogP contribution in [0.25, 0.3) is 0 Å². The van der Waals surface area contributed by atoms with Crippen molar-refractivity contribution >= 4 is 11.6 Å². The number of amides is 1. The van der Waals surface area contributed by atoms with Gasteiger partial charge in [-0.1, -0.05) is 26.7 Å². The molecule has 3 rings (SSSR count). The maximum atomic E-state index is 12.6. The van der Waals surface area contributed by atoms with Crippen molar-refractivity contribution in [2.24, 2.45) is 11.7 Å². The highest BCUT2D eigenvalue weighted by Gasteiger charge is 2.30. The van der Waals surface area contributed by atoms with E-state index in [9.17, 15) is 4.79 Å². The highest BCUT2D eigenvalue weighted by atomic mass is 16.2. The molecule has 0 spiro atoms. The zero-order chi connectivity index (χ0) is 19.6. The molecule has 2 fully saturated rings. The van der Waals surface area contributed by atoms with Gasteiger partial charge in [0.25, 0.3) is 5.91 Å². The molecule has 1 unspecified atom stereocenters. The molecule has 146 valence electrons. The molecule has 2 aliphatic rings. The SMILES string of the molecule is Cc1cc(C2CCCC2)cc(C2CCN(C(=O)/C(N)=C/C(=N)C(C)C)C2)n1. The number of aryl methyl sites for hydroxylation is 1. The van der Waals surface area contributed by atoms with Crippen molar-refractivity contribution in [1.82, 2.24) is 9.88 Å². The second-order valence-corrected chi connectivity index (χ2v) is 8.39. The predicted octanol–water partition coefficient (Wildman–Crippen LogP) is 3.88. The summed E-state index contributed by atoms with van der Waals surface area (Å²) in [5.41, 5.74) is 10.1. The van der Waals surface area contributed by atoms with E-state index in [2.05, 4.69) is 19.1 Å². The van der Waals surface area contributed by atoms with Gasteiger partial charge in [-0.15, -0.1) is 0 Å². The van der Waals surface area contributed by atoms with Crippen LogP contribution in [0.1, 0.15) is 74.7 Å². The van der Waals surface area contributed by atoms with E-state index >= 15 is 0 Å². The second-order valence-electron chi connectivity index (χ2n) is 8.39. The van der Waals surface area contributed by atoms with Crippen LogP contribution in [0.2, 0.25) is 0 Å². The van der Waals surface area contributed by atoms with Gasteiger partial charge >= 0.3 is 0 Å². The van der Waals surface area contributed by atoms with Crippen LogP contribution in [0.15, 0.2) is 23.9 Å². The molecule has 1 saturated carbocycles. The summed E-state index contributed by atoms with van der Waals surface area (Å²) in [7, 11) is 0. The van der Waals surface area contributed by atoms with Gasteiger partial charge in [0, 0.05) is 36.1 Å². The van der Waals surface area contributed by atoms with Crippen LogP contribution in [-0.4, -0.2) is 34.6 Å². The number of rotatable bonds is 5. The Kier molecular flexibility index (Phi) is 5.98. The lowest BCUT2D eigenvalue weighted by Gasteiger charge is -2.18. The third kappa shape index (κ3) is 4.57. The monoisotopic (exact) mass is 368 g/mol. The second kappa shape index (κ2) is 8.24. The molecular weight excluding hydrogens is 336 g/mol. The Morgan fingerprint density at radius 1 is 1.26 bits per heavy atom. The first-order valence-corrected chi connectivity index (χ1v) is 10.2. The number of carbonyl (C=O) groups is 1. The first kappa shape index (κ1) is 19.6. The maximum Gasteiger partial charge on any atom is 0.269 e. The normalized spacial score (nSPS) is 21.3. The number of allylic oxidation sites excluding steroid dienone is 1. The van der Waals surface area contributed by atoms with E-state index in [0.717, 1.165) is 17.8 Å². The first-order chi connectivity index (χ1) is 12.8. The summed E-state index contributed by atoms with van der Waals surface area (Å²) in [5.74, 6) is 0.844. The summed E-state index contributed by atoms with van der Waals surface area (Å²) in [6, 6.07) is 4.50. The van der Waals surface area contributed by atoms with Crippen LogP contribution in [0.4, 0.5) is 0 Å². The highest BCUT2D eigenvalue weighted by molar-refractivity contribution is 6.02. The van der Waals surface area contributed by atoms with Gasteiger partial charge in [0.2, 0.25) is 0 Å². The summed E-state index contributed by atoms with van der Waals surface area (Å²) in [6.07, 6.45) is 7.63. The predicted molar refractivity (Wildman–Crippen MR) is 109 cm³/mol. The zero-order valence-corrected chi connectivity index (χ0v) is 16.8. The van der Waals surface area contributed by atoms with E-state index in [1.165, 1.54) is 37.3 Å². The molecule has 0 aromatic carbocycles. The van der Waals surface area contributed by atoms with Crippen LogP contribution >= 0.6 is 0 Å². The Hall–Kier alpha value is -2.17. The number of aromatic nitrogens is 1. The third-order valence-corrected chi connectivity index (χ3v) is 5.90. The fourth-order valence-electron chi connectivity index (χ4n) is 4.19. The fraction of sp³-hybridized carbons (Fsp3) is 0.591. The smallest absolute Gasteiger partial charge is 0.269 e. The Labute approximate surface area is 162 Å². The van der Waals surface area contributed by atoms with Crippen molar-refractivity contribution in [1.29, 1.82) is 5.41 Å². The van der Waals surface area contributed by atoms with Crippen molar-refractivity contribution in [3.8, 4) is 0 Å². The van der Waals surface area contributed by atoms with E-state index < -0.39 is 0 Å². The minimum absolute atomic E-state index is 0.0631. The molecule has 0 radical (unpaired) electrons. The van der Waals surface area contributed by atoms with E-state index in [1.807, 2.05) is 18.7 Å². The molecule has 3 N–H and O–H groups in total. The molecule has 0 bridgehead atoms.